The molecule has 0 spiro atoms. The lowest BCUT2D eigenvalue weighted by Gasteiger charge is -2.39. The Morgan fingerprint density at radius 1 is 1.48 bits per heavy atom. The van der Waals surface area contributed by atoms with Crippen molar-refractivity contribution in [1.82, 2.24) is 14.8 Å². The largest absolute Gasteiger partial charge is 0.367 e. The molecule has 21 heavy (non-hydrogen) atoms. The first-order valence-electron chi connectivity index (χ1n) is 7.07. The Hall–Kier alpha value is -2.29. The van der Waals surface area contributed by atoms with E-state index in [9.17, 15) is 10.1 Å². The zero-order valence-electron chi connectivity index (χ0n) is 12.8. The molecule has 2 heterocycles. The number of aromatic nitrogens is 1. The van der Waals surface area contributed by atoms with Gasteiger partial charge in [0.05, 0.1) is 23.5 Å². The fourth-order valence-electron chi connectivity index (χ4n) is 2.69. The van der Waals surface area contributed by atoms with Crippen LogP contribution in [-0.4, -0.2) is 61.1 Å². The molecule has 0 bridgehead atoms. The number of carbonyl (C=O) groups excluding carboxylic acids is 1. The van der Waals surface area contributed by atoms with Crippen molar-refractivity contribution < 1.29 is 4.79 Å². The van der Waals surface area contributed by atoms with Gasteiger partial charge in [0.2, 0.25) is 0 Å². The number of hydrogen-bond donors (Lipinski definition) is 0. The van der Waals surface area contributed by atoms with E-state index in [0.717, 1.165) is 31.6 Å². The van der Waals surface area contributed by atoms with Crippen LogP contribution in [0.15, 0.2) is 18.5 Å². The van der Waals surface area contributed by atoms with Crippen LogP contribution in [0.2, 0.25) is 0 Å². The smallest absolute Gasteiger partial charge is 0.319 e. The van der Waals surface area contributed by atoms with Crippen molar-refractivity contribution >= 4 is 11.7 Å². The van der Waals surface area contributed by atoms with E-state index in [4.69, 9.17) is 0 Å². The minimum atomic E-state index is 0.00791. The maximum atomic E-state index is 12.1. The summed E-state index contributed by atoms with van der Waals surface area (Å²) in [4.78, 5) is 21.7. The van der Waals surface area contributed by atoms with E-state index < -0.39 is 0 Å². The lowest BCUT2D eigenvalue weighted by atomic mass is 10.0. The number of nitrogens with zero attached hydrogens (tertiary/aromatic N) is 5. The van der Waals surface area contributed by atoms with Gasteiger partial charge in [-0.3, -0.25) is 4.98 Å². The number of likely N-dealkylation sites (N-methyl/N-ethyl adjacent to an activating group) is 1. The number of hydrogen-bond acceptors (Lipinski definition) is 4. The van der Waals surface area contributed by atoms with Gasteiger partial charge in [-0.05, 0) is 18.9 Å². The number of amides is 2. The molecular formula is C15H21N5O. The molecule has 0 aliphatic carbocycles. The molecule has 2 amide bonds. The highest BCUT2D eigenvalue weighted by Gasteiger charge is 2.27. The molecule has 6 nitrogen and oxygen atoms in total. The van der Waals surface area contributed by atoms with Crippen molar-refractivity contribution in [3.63, 3.8) is 0 Å². The molecule has 0 N–H and O–H groups in total. The van der Waals surface area contributed by atoms with Gasteiger partial charge in [-0.15, -0.1) is 0 Å². The van der Waals surface area contributed by atoms with Crippen LogP contribution in [0.4, 0.5) is 10.5 Å². The van der Waals surface area contributed by atoms with E-state index in [0.29, 0.717) is 5.56 Å². The minimum Gasteiger partial charge on any atom is -0.367 e. The van der Waals surface area contributed by atoms with Crippen LogP contribution >= 0.6 is 0 Å². The maximum Gasteiger partial charge on any atom is 0.319 e. The number of carbonyl (C=O) groups is 1. The van der Waals surface area contributed by atoms with Gasteiger partial charge in [0.1, 0.15) is 6.07 Å². The summed E-state index contributed by atoms with van der Waals surface area (Å²) in [5, 5.41) is 9.21. The predicted octanol–water partition coefficient (Wildman–Crippen LogP) is 1.54. The van der Waals surface area contributed by atoms with Crippen LogP contribution in [0.5, 0.6) is 0 Å². The Morgan fingerprint density at radius 3 is 2.90 bits per heavy atom. The number of rotatable bonds is 2. The van der Waals surface area contributed by atoms with Crippen LogP contribution < -0.4 is 4.90 Å². The Balaban J connectivity index is 2.14. The average molecular weight is 287 g/mol. The third kappa shape index (κ3) is 3.24. The fourth-order valence-corrected chi connectivity index (χ4v) is 2.69. The van der Waals surface area contributed by atoms with Gasteiger partial charge in [0, 0.05) is 40.4 Å². The van der Waals surface area contributed by atoms with E-state index in [2.05, 4.69) is 16.0 Å². The summed E-state index contributed by atoms with van der Waals surface area (Å²) in [6.07, 6.45) is 5.34. The molecule has 1 saturated heterocycles. The lowest BCUT2D eigenvalue weighted by Crippen LogP contribution is -2.51. The molecule has 1 atom stereocenters. The molecule has 1 fully saturated rings. The topological polar surface area (TPSA) is 63.5 Å². The standard InChI is InChI=1S/C15H21N5O/c1-18(2)15(21)19(3)13-5-4-8-20(11-13)14-10-17-7-6-12(14)9-16/h6-7,10,13H,4-5,8,11H2,1-3H3. The molecule has 6 heteroatoms. The molecule has 1 aliphatic heterocycles. The van der Waals surface area contributed by atoms with Crippen LogP contribution in [0, 0.1) is 11.3 Å². The number of nitriles is 1. The summed E-state index contributed by atoms with van der Waals surface area (Å²) < 4.78 is 0. The number of anilines is 1. The van der Waals surface area contributed by atoms with E-state index in [1.807, 2.05) is 7.05 Å². The van der Waals surface area contributed by atoms with Gasteiger partial charge >= 0.3 is 6.03 Å². The van der Waals surface area contributed by atoms with Crippen molar-refractivity contribution in [3.05, 3.63) is 24.0 Å². The molecule has 1 aliphatic rings. The highest BCUT2D eigenvalue weighted by atomic mass is 16.2. The van der Waals surface area contributed by atoms with Crippen LogP contribution in [0.3, 0.4) is 0 Å². The summed E-state index contributed by atoms with van der Waals surface area (Å²) in [5.74, 6) is 0. The highest BCUT2D eigenvalue weighted by Crippen LogP contribution is 2.24. The molecular weight excluding hydrogens is 266 g/mol. The van der Waals surface area contributed by atoms with Gasteiger partial charge in [-0.25, -0.2) is 4.79 Å². The Labute approximate surface area is 125 Å². The zero-order valence-corrected chi connectivity index (χ0v) is 12.8. The number of piperidine rings is 1. The van der Waals surface area contributed by atoms with E-state index >= 15 is 0 Å². The van der Waals surface area contributed by atoms with Gasteiger partial charge < -0.3 is 14.7 Å². The second-order valence-electron chi connectivity index (χ2n) is 5.53. The van der Waals surface area contributed by atoms with Crippen molar-refractivity contribution in [2.45, 2.75) is 18.9 Å². The minimum absolute atomic E-state index is 0.00791. The van der Waals surface area contributed by atoms with E-state index in [1.54, 1.807) is 42.4 Å². The predicted molar refractivity (Wildman–Crippen MR) is 81.0 cm³/mol. The molecule has 0 radical (unpaired) electrons. The lowest BCUT2D eigenvalue weighted by molar-refractivity contribution is 0.157. The van der Waals surface area contributed by atoms with Gasteiger partial charge in [0.15, 0.2) is 0 Å². The zero-order chi connectivity index (χ0) is 15.4. The first kappa shape index (κ1) is 15.1. The molecule has 1 aromatic heterocycles. The van der Waals surface area contributed by atoms with Crippen molar-refractivity contribution in [2.75, 3.05) is 39.1 Å². The summed E-state index contributed by atoms with van der Waals surface area (Å²) in [6.45, 7) is 1.62. The molecule has 0 aromatic carbocycles. The summed E-state index contributed by atoms with van der Waals surface area (Å²) >= 11 is 0. The second kappa shape index (κ2) is 6.44. The second-order valence-corrected chi connectivity index (χ2v) is 5.53. The Bertz CT molecular complexity index is 551. The van der Waals surface area contributed by atoms with Gasteiger partial charge in [-0.2, -0.15) is 5.26 Å². The average Bonchev–Trinajstić information content (AvgIpc) is 2.53. The third-order valence-electron chi connectivity index (χ3n) is 3.89. The highest BCUT2D eigenvalue weighted by molar-refractivity contribution is 5.74. The number of urea groups is 1. The van der Waals surface area contributed by atoms with Gasteiger partial charge in [0.25, 0.3) is 0 Å². The summed E-state index contributed by atoms with van der Waals surface area (Å²) in [6, 6.07) is 4.10. The number of pyridine rings is 1. The quantitative estimate of drug-likeness (QED) is 0.827. The molecule has 2 rings (SSSR count). The SMILES string of the molecule is CN(C)C(=O)N(C)C1CCCN(c2cnccc2C#N)C1. The van der Waals surface area contributed by atoms with Gasteiger partial charge in [-0.1, -0.05) is 0 Å². The molecule has 0 saturated carbocycles. The molecule has 1 aromatic rings. The van der Waals surface area contributed by atoms with Crippen molar-refractivity contribution in [3.8, 4) is 6.07 Å². The summed E-state index contributed by atoms with van der Waals surface area (Å²) in [7, 11) is 5.35. The molecule has 1 unspecified atom stereocenters. The normalized spacial score (nSPS) is 18.0. The van der Waals surface area contributed by atoms with Crippen LogP contribution in [0.1, 0.15) is 18.4 Å². The van der Waals surface area contributed by atoms with Crippen molar-refractivity contribution in [1.29, 1.82) is 5.26 Å². The fraction of sp³-hybridized carbons (Fsp3) is 0.533. The third-order valence-corrected chi connectivity index (χ3v) is 3.89. The maximum absolute atomic E-state index is 12.1. The van der Waals surface area contributed by atoms with E-state index in [-0.39, 0.29) is 12.1 Å². The monoisotopic (exact) mass is 287 g/mol. The van der Waals surface area contributed by atoms with Crippen LogP contribution in [-0.2, 0) is 0 Å². The first-order chi connectivity index (χ1) is 10.0. The summed E-state index contributed by atoms with van der Waals surface area (Å²) in [5.41, 5.74) is 1.49. The van der Waals surface area contributed by atoms with E-state index in [1.165, 1.54) is 0 Å². The Kier molecular flexibility index (Phi) is 4.63. The van der Waals surface area contributed by atoms with Crippen molar-refractivity contribution in [2.24, 2.45) is 0 Å². The first-order valence-corrected chi connectivity index (χ1v) is 7.07. The molecule has 112 valence electrons. The van der Waals surface area contributed by atoms with Crippen LogP contribution in [0.25, 0.3) is 0 Å². The Morgan fingerprint density at radius 2 is 2.24 bits per heavy atom.